The summed E-state index contributed by atoms with van der Waals surface area (Å²) in [5.74, 6) is -0.0140. The molecule has 1 aliphatic rings. The third kappa shape index (κ3) is 3.20. The van der Waals surface area contributed by atoms with Gasteiger partial charge < -0.3 is 20.7 Å². The van der Waals surface area contributed by atoms with Crippen molar-refractivity contribution in [3.8, 4) is 0 Å². The normalized spacial score (nSPS) is 25.0. The van der Waals surface area contributed by atoms with Crippen LogP contribution in [0.1, 0.15) is 19.8 Å². The van der Waals surface area contributed by atoms with Crippen molar-refractivity contribution in [1.29, 1.82) is 0 Å². The summed E-state index contributed by atoms with van der Waals surface area (Å²) in [6.45, 7) is 3.29. The van der Waals surface area contributed by atoms with E-state index in [9.17, 15) is 9.59 Å². The number of hydrogen-bond donors (Lipinski definition) is 2. The molecule has 1 heterocycles. The third-order valence-electron chi connectivity index (χ3n) is 3.60. The van der Waals surface area contributed by atoms with Crippen molar-refractivity contribution in [1.82, 2.24) is 10.2 Å². The first-order chi connectivity index (χ1) is 8.46. The molecule has 6 heteroatoms. The zero-order valence-corrected chi connectivity index (χ0v) is 11.4. The number of carbonyl (C=O) groups is 2. The summed E-state index contributed by atoms with van der Waals surface area (Å²) in [7, 11) is 3.16. The number of ether oxygens (including phenoxy) is 1. The Kier molecular flexibility index (Phi) is 5.10. The minimum atomic E-state index is -0.476. The molecule has 0 spiro atoms. The molecule has 2 amide bonds. The minimum absolute atomic E-state index is 0.0000666. The number of likely N-dealkylation sites (tertiary alicyclic amines) is 1. The molecule has 0 saturated carbocycles. The molecule has 1 fully saturated rings. The Morgan fingerprint density at radius 1 is 1.56 bits per heavy atom. The van der Waals surface area contributed by atoms with Gasteiger partial charge in [0.25, 0.3) is 0 Å². The number of carbonyl (C=O) groups excluding carboxylic acids is 2. The molecule has 0 aromatic carbocycles. The summed E-state index contributed by atoms with van der Waals surface area (Å²) < 4.78 is 5.10. The molecule has 18 heavy (non-hydrogen) atoms. The Morgan fingerprint density at radius 3 is 2.72 bits per heavy atom. The van der Waals surface area contributed by atoms with Gasteiger partial charge in [0.1, 0.15) is 0 Å². The largest absolute Gasteiger partial charge is 0.380 e. The Balaban J connectivity index is 2.56. The van der Waals surface area contributed by atoms with Gasteiger partial charge in [-0.3, -0.25) is 9.59 Å². The second-order valence-corrected chi connectivity index (χ2v) is 5.00. The number of amides is 2. The van der Waals surface area contributed by atoms with Crippen LogP contribution in [0.5, 0.6) is 0 Å². The maximum absolute atomic E-state index is 12.0. The standard InChI is InChI=1S/C12H23N3O3/c1-12(11(17)14-2)4-5-15(8-12)10(16)6-9(7-13)18-3/h9H,4-8,13H2,1-3H3,(H,14,17). The summed E-state index contributed by atoms with van der Waals surface area (Å²) in [5.41, 5.74) is 5.02. The van der Waals surface area contributed by atoms with E-state index in [2.05, 4.69) is 5.32 Å². The van der Waals surface area contributed by atoms with Crippen LogP contribution in [0.25, 0.3) is 0 Å². The van der Waals surface area contributed by atoms with Crippen LogP contribution in [0.3, 0.4) is 0 Å². The van der Waals surface area contributed by atoms with E-state index in [4.69, 9.17) is 10.5 Å². The molecular weight excluding hydrogens is 234 g/mol. The molecule has 3 N–H and O–H groups in total. The molecule has 0 aromatic heterocycles. The SMILES string of the molecule is CNC(=O)C1(C)CCN(C(=O)CC(CN)OC)C1. The highest BCUT2D eigenvalue weighted by atomic mass is 16.5. The lowest BCUT2D eigenvalue weighted by Crippen LogP contribution is -2.41. The van der Waals surface area contributed by atoms with Crippen molar-refractivity contribution >= 4 is 11.8 Å². The highest BCUT2D eigenvalue weighted by Crippen LogP contribution is 2.30. The lowest BCUT2D eigenvalue weighted by molar-refractivity contribution is -0.134. The van der Waals surface area contributed by atoms with Crippen molar-refractivity contribution in [2.24, 2.45) is 11.1 Å². The minimum Gasteiger partial charge on any atom is -0.380 e. The molecule has 1 saturated heterocycles. The first kappa shape index (κ1) is 14.9. The van der Waals surface area contributed by atoms with Gasteiger partial charge in [-0.2, -0.15) is 0 Å². The second-order valence-electron chi connectivity index (χ2n) is 5.00. The molecule has 1 aliphatic heterocycles. The van der Waals surface area contributed by atoms with Crippen LogP contribution >= 0.6 is 0 Å². The zero-order valence-electron chi connectivity index (χ0n) is 11.4. The van der Waals surface area contributed by atoms with Crippen LogP contribution < -0.4 is 11.1 Å². The predicted molar refractivity (Wildman–Crippen MR) is 67.8 cm³/mol. The number of rotatable bonds is 5. The molecule has 0 bridgehead atoms. The lowest BCUT2D eigenvalue weighted by Gasteiger charge is -2.23. The average Bonchev–Trinajstić information content (AvgIpc) is 2.78. The fourth-order valence-electron chi connectivity index (χ4n) is 2.25. The number of nitrogens with two attached hydrogens (primary N) is 1. The molecule has 1 rings (SSSR count). The molecule has 6 nitrogen and oxygen atoms in total. The van der Waals surface area contributed by atoms with Gasteiger partial charge in [0.05, 0.1) is 17.9 Å². The lowest BCUT2D eigenvalue weighted by atomic mass is 9.89. The van der Waals surface area contributed by atoms with E-state index in [1.807, 2.05) is 6.92 Å². The molecule has 0 aromatic rings. The quantitative estimate of drug-likeness (QED) is 0.684. The highest BCUT2D eigenvalue weighted by Gasteiger charge is 2.41. The number of nitrogens with one attached hydrogen (secondary N) is 1. The van der Waals surface area contributed by atoms with Crippen LogP contribution in [-0.2, 0) is 14.3 Å². The molecule has 104 valence electrons. The Labute approximate surface area is 108 Å². The molecular formula is C12H23N3O3. The monoisotopic (exact) mass is 257 g/mol. The third-order valence-corrected chi connectivity index (χ3v) is 3.60. The van der Waals surface area contributed by atoms with E-state index in [-0.39, 0.29) is 24.3 Å². The fraction of sp³-hybridized carbons (Fsp3) is 0.833. The van der Waals surface area contributed by atoms with Crippen molar-refractivity contribution in [3.05, 3.63) is 0 Å². The van der Waals surface area contributed by atoms with E-state index in [0.29, 0.717) is 26.1 Å². The van der Waals surface area contributed by atoms with Crippen LogP contribution in [0, 0.1) is 5.41 Å². The smallest absolute Gasteiger partial charge is 0.227 e. The zero-order chi connectivity index (χ0) is 13.8. The van der Waals surface area contributed by atoms with Gasteiger partial charge in [0.2, 0.25) is 11.8 Å². The Hall–Kier alpha value is -1.14. The highest BCUT2D eigenvalue weighted by molar-refractivity contribution is 5.84. The van der Waals surface area contributed by atoms with Crippen LogP contribution in [0.4, 0.5) is 0 Å². The van der Waals surface area contributed by atoms with Gasteiger partial charge in [0.15, 0.2) is 0 Å². The van der Waals surface area contributed by atoms with Crippen LogP contribution in [0.15, 0.2) is 0 Å². The van der Waals surface area contributed by atoms with E-state index in [1.165, 1.54) is 0 Å². The van der Waals surface area contributed by atoms with Gasteiger partial charge in [-0.1, -0.05) is 0 Å². The number of hydrogen-bond acceptors (Lipinski definition) is 4. The van der Waals surface area contributed by atoms with Crippen molar-refractivity contribution in [2.75, 3.05) is 33.8 Å². The van der Waals surface area contributed by atoms with Gasteiger partial charge in [0, 0.05) is 33.8 Å². The summed E-state index contributed by atoms with van der Waals surface area (Å²) in [6, 6.07) is 0. The van der Waals surface area contributed by atoms with E-state index < -0.39 is 5.41 Å². The van der Waals surface area contributed by atoms with Crippen LogP contribution in [0.2, 0.25) is 0 Å². The second kappa shape index (κ2) is 6.15. The van der Waals surface area contributed by atoms with Gasteiger partial charge in [-0.15, -0.1) is 0 Å². The first-order valence-electron chi connectivity index (χ1n) is 6.19. The predicted octanol–water partition coefficient (Wildman–Crippen LogP) is -0.665. The summed E-state index contributed by atoms with van der Waals surface area (Å²) in [5, 5.41) is 2.65. The molecule has 2 unspecified atom stereocenters. The van der Waals surface area contributed by atoms with Crippen molar-refractivity contribution < 1.29 is 14.3 Å². The summed E-state index contributed by atoms with van der Waals surface area (Å²) >= 11 is 0. The number of methoxy groups -OCH3 is 1. The summed E-state index contributed by atoms with van der Waals surface area (Å²) in [4.78, 5) is 25.5. The Morgan fingerprint density at radius 2 is 2.22 bits per heavy atom. The summed E-state index contributed by atoms with van der Waals surface area (Å²) in [6.07, 6.45) is 0.722. The van der Waals surface area contributed by atoms with E-state index in [0.717, 1.165) is 0 Å². The van der Waals surface area contributed by atoms with Crippen molar-refractivity contribution in [2.45, 2.75) is 25.9 Å². The van der Waals surface area contributed by atoms with E-state index >= 15 is 0 Å². The average molecular weight is 257 g/mol. The maximum Gasteiger partial charge on any atom is 0.227 e. The van der Waals surface area contributed by atoms with Crippen LogP contribution in [-0.4, -0.2) is 56.6 Å². The topological polar surface area (TPSA) is 84.7 Å². The number of nitrogens with zero attached hydrogens (tertiary/aromatic N) is 1. The Bertz CT molecular complexity index is 318. The van der Waals surface area contributed by atoms with Gasteiger partial charge in [-0.25, -0.2) is 0 Å². The van der Waals surface area contributed by atoms with Crippen molar-refractivity contribution in [3.63, 3.8) is 0 Å². The van der Waals surface area contributed by atoms with Gasteiger partial charge >= 0.3 is 0 Å². The molecule has 0 radical (unpaired) electrons. The first-order valence-corrected chi connectivity index (χ1v) is 6.19. The molecule has 2 atom stereocenters. The molecule has 0 aliphatic carbocycles. The van der Waals surface area contributed by atoms with E-state index in [1.54, 1.807) is 19.1 Å². The van der Waals surface area contributed by atoms with Gasteiger partial charge in [-0.05, 0) is 13.3 Å². The maximum atomic E-state index is 12.0. The fourth-order valence-corrected chi connectivity index (χ4v) is 2.25.